The number of aliphatic imine (C=N–C) groups is 1. The van der Waals surface area contributed by atoms with Gasteiger partial charge in [0.15, 0.2) is 5.96 Å². The quantitative estimate of drug-likeness (QED) is 0.427. The summed E-state index contributed by atoms with van der Waals surface area (Å²) in [5.74, 6) is 1.48. The Bertz CT molecular complexity index is 637. The van der Waals surface area contributed by atoms with Crippen molar-refractivity contribution in [2.24, 2.45) is 4.99 Å². The highest BCUT2D eigenvalue weighted by molar-refractivity contribution is 14.0. The Hall–Kier alpha value is -1.50. The minimum atomic E-state index is 0. The van der Waals surface area contributed by atoms with Crippen molar-refractivity contribution in [1.29, 1.82) is 0 Å². The highest BCUT2D eigenvalue weighted by Crippen LogP contribution is 2.30. The largest absolute Gasteiger partial charge is 0.356 e. The van der Waals surface area contributed by atoms with Gasteiger partial charge >= 0.3 is 0 Å². The van der Waals surface area contributed by atoms with Crippen molar-refractivity contribution in [1.82, 2.24) is 15.2 Å². The first-order valence-corrected chi connectivity index (χ1v) is 8.50. The number of guanidine groups is 1. The van der Waals surface area contributed by atoms with Crippen molar-refractivity contribution in [3.8, 4) is 0 Å². The maximum Gasteiger partial charge on any atom is 0.191 e. The summed E-state index contributed by atoms with van der Waals surface area (Å²) in [6.07, 6.45) is 7.91. The minimum Gasteiger partial charge on any atom is -0.356 e. The van der Waals surface area contributed by atoms with Crippen LogP contribution in [0.15, 0.2) is 53.8 Å². The number of aryl methyl sites for hydroxylation is 1. The summed E-state index contributed by atoms with van der Waals surface area (Å²) in [5.41, 5.74) is 3.02. The summed E-state index contributed by atoms with van der Waals surface area (Å²) in [6.45, 7) is 2.76. The lowest BCUT2D eigenvalue weighted by molar-refractivity contribution is 0.538. The van der Waals surface area contributed by atoms with Crippen molar-refractivity contribution in [2.45, 2.75) is 31.7 Å². The lowest BCUT2D eigenvalue weighted by Crippen LogP contribution is -2.41. The molecule has 4 nitrogen and oxygen atoms in total. The molecule has 0 saturated carbocycles. The van der Waals surface area contributed by atoms with E-state index in [0.29, 0.717) is 5.92 Å². The van der Waals surface area contributed by atoms with Gasteiger partial charge in [0.25, 0.3) is 0 Å². The molecule has 0 fully saturated rings. The Morgan fingerprint density at radius 3 is 2.75 bits per heavy atom. The van der Waals surface area contributed by atoms with Crippen molar-refractivity contribution < 1.29 is 0 Å². The fraction of sp³-hybridized carbons (Fsp3) is 0.421. The van der Waals surface area contributed by atoms with Crippen LogP contribution in [0, 0.1) is 0 Å². The predicted molar refractivity (Wildman–Crippen MR) is 111 cm³/mol. The summed E-state index contributed by atoms with van der Waals surface area (Å²) in [5, 5.41) is 6.88. The van der Waals surface area contributed by atoms with Gasteiger partial charge in [0, 0.05) is 45.0 Å². The van der Waals surface area contributed by atoms with E-state index in [9.17, 15) is 0 Å². The Labute approximate surface area is 161 Å². The second-order valence-corrected chi connectivity index (χ2v) is 6.09. The number of hydrogen-bond acceptors (Lipinski definition) is 1. The molecular weight excluding hydrogens is 411 g/mol. The van der Waals surface area contributed by atoms with Gasteiger partial charge in [-0.2, -0.15) is 0 Å². The Morgan fingerprint density at radius 1 is 1.17 bits per heavy atom. The first-order valence-electron chi connectivity index (χ1n) is 8.50. The van der Waals surface area contributed by atoms with E-state index in [1.807, 2.05) is 19.2 Å². The summed E-state index contributed by atoms with van der Waals surface area (Å²) in [6, 6.07) is 13.0. The third-order valence-electron chi connectivity index (χ3n) is 4.56. The molecule has 3 rings (SSSR count). The first-order chi connectivity index (χ1) is 11.4. The Morgan fingerprint density at radius 2 is 1.96 bits per heavy atom. The molecular formula is C19H27IN4. The van der Waals surface area contributed by atoms with Crippen molar-refractivity contribution in [3.05, 3.63) is 59.9 Å². The van der Waals surface area contributed by atoms with Gasteiger partial charge in [-0.25, -0.2) is 0 Å². The Balaban J connectivity index is 0.00000208. The number of rotatable bonds is 5. The van der Waals surface area contributed by atoms with Crippen LogP contribution >= 0.6 is 24.0 Å². The van der Waals surface area contributed by atoms with Crippen molar-refractivity contribution in [3.63, 3.8) is 0 Å². The first kappa shape index (κ1) is 18.8. The molecule has 5 heteroatoms. The smallest absolute Gasteiger partial charge is 0.191 e. The maximum atomic E-state index is 4.33. The van der Waals surface area contributed by atoms with Crippen LogP contribution < -0.4 is 10.6 Å². The molecule has 0 radical (unpaired) electrons. The van der Waals surface area contributed by atoms with E-state index in [1.54, 1.807) is 0 Å². The van der Waals surface area contributed by atoms with Crippen LogP contribution in [0.5, 0.6) is 0 Å². The third-order valence-corrected chi connectivity index (χ3v) is 4.56. The van der Waals surface area contributed by atoms with Gasteiger partial charge in [-0.3, -0.25) is 4.99 Å². The van der Waals surface area contributed by atoms with E-state index in [2.05, 4.69) is 56.9 Å². The molecule has 130 valence electrons. The molecule has 1 aliphatic rings. The van der Waals surface area contributed by atoms with Gasteiger partial charge in [-0.15, -0.1) is 24.0 Å². The monoisotopic (exact) mass is 438 g/mol. The van der Waals surface area contributed by atoms with Gasteiger partial charge in [-0.05, 0) is 42.5 Å². The van der Waals surface area contributed by atoms with Crippen LogP contribution in [0.3, 0.4) is 0 Å². The summed E-state index contributed by atoms with van der Waals surface area (Å²) < 4.78 is 2.16. The molecule has 2 aromatic rings. The van der Waals surface area contributed by atoms with E-state index in [-0.39, 0.29) is 24.0 Å². The van der Waals surface area contributed by atoms with Crippen LogP contribution in [0.1, 0.15) is 29.9 Å². The van der Waals surface area contributed by atoms with Crippen LogP contribution in [0.2, 0.25) is 0 Å². The molecule has 2 N–H and O–H groups in total. The van der Waals surface area contributed by atoms with Gasteiger partial charge in [0.2, 0.25) is 0 Å². The van der Waals surface area contributed by atoms with Crippen LogP contribution in [0.25, 0.3) is 0 Å². The van der Waals surface area contributed by atoms with E-state index in [0.717, 1.165) is 25.6 Å². The molecule has 1 unspecified atom stereocenters. The Kier molecular flexibility index (Phi) is 7.62. The van der Waals surface area contributed by atoms with Crippen molar-refractivity contribution in [2.75, 3.05) is 20.1 Å². The summed E-state index contributed by atoms with van der Waals surface area (Å²) >= 11 is 0. The van der Waals surface area contributed by atoms with Gasteiger partial charge in [0.1, 0.15) is 0 Å². The average molecular weight is 438 g/mol. The number of halogens is 1. The van der Waals surface area contributed by atoms with Gasteiger partial charge < -0.3 is 15.2 Å². The molecule has 0 bridgehead atoms. The zero-order valence-electron chi connectivity index (χ0n) is 14.2. The van der Waals surface area contributed by atoms with Crippen LogP contribution in [-0.4, -0.2) is 30.7 Å². The molecule has 0 saturated heterocycles. The third kappa shape index (κ3) is 5.00. The minimum absolute atomic E-state index is 0. The number of aromatic nitrogens is 1. The SMILES string of the molecule is CN=C(NCCn1cccc1)NCC1CCCc2ccccc21.I. The van der Waals surface area contributed by atoms with Crippen LogP contribution in [0.4, 0.5) is 0 Å². The standard InChI is InChI=1S/C19H26N4.HI/c1-20-19(21-11-14-23-12-4-5-13-23)22-15-17-9-6-8-16-7-2-3-10-18(16)17;/h2-5,7,10,12-13,17H,6,8-9,11,14-15H2,1H3,(H2,20,21,22);1H. The molecule has 1 aromatic carbocycles. The lowest BCUT2D eigenvalue weighted by Gasteiger charge is -2.26. The lowest BCUT2D eigenvalue weighted by atomic mass is 9.83. The summed E-state index contributed by atoms with van der Waals surface area (Å²) in [7, 11) is 1.83. The fourth-order valence-electron chi connectivity index (χ4n) is 3.33. The molecule has 24 heavy (non-hydrogen) atoms. The zero-order valence-corrected chi connectivity index (χ0v) is 16.6. The second-order valence-electron chi connectivity index (χ2n) is 6.09. The highest BCUT2D eigenvalue weighted by Gasteiger charge is 2.19. The average Bonchev–Trinajstić information content (AvgIpc) is 3.11. The fourth-order valence-corrected chi connectivity index (χ4v) is 3.33. The molecule has 1 atom stereocenters. The number of nitrogens with zero attached hydrogens (tertiary/aromatic N) is 2. The highest BCUT2D eigenvalue weighted by atomic mass is 127. The molecule has 0 amide bonds. The second kappa shape index (κ2) is 9.71. The maximum absolute atomic E-state index is 4.33. The summed E-state index contributed by atoms with van der Waals surface area (Å²) in [4.78, 5) is 4.33. The number of benzene rings is 1. The molecule has 1 aromatic heterocycles. The number of hydrogen-bond donors (Lipinski definition) is 2. The van der Waals surface area contributed by atoms with E-state index in [4.69, 9.17) is 0 Å². The number of nitrogens with one attached hydrogen (secondary N) is 2. The molecule has 1 aliphatic carbocycles. The molecule has 0 aliphatic heterocycles. The van der Waals surface area contributed by atoms with E-state index >= 15 is 0 Å². The predicted octanol–water partition coefficient (Wildman–Crippen LogP) is 3.39. The van der Waals surface area contributed by atoms with E-state index in [1.165, 1.54) is 30.4 Å². The number of fused-ring (bicyclic) bond motifs is 1. The van der Waals surface area contributed by atoms with Gasteiger partial charge in [0.05, 0.1) is 0 Å². The normalized spacial score (nSPS) is 16.9. The zero-order chi connectivity index (χ0) is 15.9. The molecule has 0 spiro atoms. The van der Waals surface area contributed by atoms with Crippen LogP contribution in [-0.2, 0) is 13.0 Å². The van der Waals surface area contributed by atoms with Crippen molar-refractivity contribution >= 4 is 29.9 Å². The molecule has 1 heterocycles. The topological polar surface area (TPSA) is 41.4 Å². The van der Waals surface area contributed by atoms with E-state index < -0.39 is 0 Å². The van der Waals surface area contributed by atoms with Gasteiger partial charge in [-0.1, -0.05) is 24.3 Å².